The Balaban J connectivity index is 2.20. The summed E-state index contributed by atoms with van der Waals surface area (Å²) in [4.78, 5) is 27.5. The van der Waals surface area contributed by atoms with Crippen molar-refractivity contribution in [2.24, 2.45) is 18.0 Å². The minimum Gasteiger partial charge on any atom is -0.299 e. The van der Waals surface area contributed by atoms with Crippen molar-refractivity contribution in [1.82, 2.24) is 9.78 Å². The van der Waals surface area contributed by atoms with Gasteiger partial charge in [-0.05, 0) is 12.8 Å². The summed E-state index contributed by atoms with van der Waals surface area (Å²) in [5, 5.41) is 2.66. The highest BCUT2D eigenvalue weighted by molar-refractivity contribution is 6.12. The monoisotopic (exact) mass is 205 g/mol. The van der Waals surface area contributed by atoms with Crippen LogP contribution in [-0.2, 0) is 18.3 Å². The van der Waals surface area contributed by atoms with Gasteiger partial charge in [0.25, 0.3) is 5.56 Å². The Labute approximate surface area is 85.8 Å². The molecule has 0 amide bonds. The molecule has 5 heteroatoms. The van der Waals surface area contributed by atoms with Crippen LogP contribution in [0.5, 0.6) is 0 Å². The summed E-state index contributed by atoms with van der Waals surface area (Å²) in [5.74, 6) is 0.796. The third-order valence-corrected chi connectivity index (χ3v) is 3.21. The predicted octanol–water partition coefficient (Wildman–Crippen LogP) is 0.321. The first kappa shape index (κ1) is 8.64. The molecule has 2 aliphatic rings. The summed E-state index contributed by atoms with van der Waals surface area (Å²) in [6, 6.07) is 0. The lowest BCUT2D eigenvalue weighted by molar-refractivity contribution is -0.119. The third kappa shape index (κ3) is 1.06. The van der Waals surface area contributed by atoms with Crippen LogP contribution in [0.3, 0.4) is 0 Å². The van der Waals surface area contributed by atoms with Gasteiger partial charge >= 0.3 is 0 Å². The van der Waals surface area contributed by atoms with Crippen LogP contribution < -0.4 is 5.56 Å². The fourth-order valence-electron chi connectivity index (χ4n) is 2.39. The highest BCUT2D eigenvalue weighted by Gasteiger charge is 2.36. The second-order valence-electron chi connectivity index (χ2n) is 4.13. The average molecular weight is 205 g/mol. The number of Topliss-reactive ketones (excluding diaryl/α,β-unsaturated/α-hetero) is 1. The molecule has 0 bridgehead atoms. The van der Waals surface area contributed by atoms with Crippen LogP contribution in [-0.4, -0.2) is 21.3 Å². The maximum atomic E-state index is 11.5. The number of hydrogen-bond donors (Lipinski definition) is 1. The van der Waals surface area contributed by atoms with Gasteiger partial charge in [0.2, 0.25) is 0 Å². The van der Waals surface area contributed by atoms with Crippen LogP contribution >= 0.6 is 0 Å². The first-order valence-corrected chi connectivity index (χ1v) is 5.05. The summed E-state index contributed by atoms with van der Waals surface area (Å²) >= 11 is 0. The van der Waals surface area contributed by atoms with E-state index in [0.717, 1.165) is 12.1 Å². The van der Waals surface area contributed by atoms with Crippen molar-refractivity contribution in [3.8, 4) is 0 Å². The SMILES string of the molecule is Cn1[nH]c(=O)c2c1N=C1CCC(=O)C1C2. The summed E-state index contributed by atoms with van der Waals surface area (Å²) in [5.41, 5.74) is 1.48. The van der Waals surface area contributed by atoms with E-state index in [2.05, 4.69) is 10.1 Å². The van der Waals surface area contributed by atoms with Crippen molar-refractivity contribution in [1.29, 1.82) is 0 Å². The van der Waals surface area contributed by atoms with Gasteiger partial charge in [-0.15, -0.1) is 0 Å². The molecule has 0 aromatic carbocycles. The Morgan fingerprint density at radius 1 is 1.40 bits per heavy atom. The van der Waals surface area contributed by atoms with E-state index in [0.29, 0.717) is 24.2 Å². The predicted molar refractivity (Wildman–Crippen MR) is 54.6 cm³/mol. The quantitative estimate of drug-likeness (QED) is 0.662. The minimum absolute atomic E-state index is 0.116. The maximum Gasteiger partial charge on any atom is 0.269 e. The van der Waals surface area contributed by atoms with Gasteiger partial charge in [0.15, 0.2) is 5.82 Å². The molecule has 1 N–H and O–H groups in total. The van der Waals surface area contributed by atoms with Crippen molar-refractivity contribution < 1.29 is 4.79 Å². The molecule has 1 fully saturated rings. The van der Waals surface area contributed by atoms with Crippen LogP contribution in [0.25, 0.3) is 0 Å². The number of nitrogens with zero attached hydrogens (tertiary/aromatic N) is 2. The van der Waals surface area contributed by atoms with Crippen molar-refractivity contribution in [2.45, 2.75) is 19.3 Å². The fourth-order valence-corrected chi connectivity index (χ4v) is 2.39. The molecule has 5 nitrogen and oxygen atoms in total. The zero-order valence-electron chi connectivity index (χ0n) is 8.41. The van der Waals surface area contributed by atoms with Gasteiger partial charge in [-0.2, -0.15) is 0 Å². The molecule has 1 unspecified atom stereocenters. The summed E-state index contributed by atoms with van der Waals surface area (Å²) < 4.78 is 1.63. The molecule has 1 aliphatic heterocycles. The van der Waals surface area contributed by atoms with Gasteiger partial charge in [-0.25, -0.2) is 4.99 Å². The number of carbonyl (C=O) groups is 1. The van der Waals surface area contributed by atoms with E-state index < -0.39 is 0 Å². The lowest BCUT2D eigenvalue weighted by Crippen LogP contribution is -2.23. The van der Waals surface area contributed by atoms with E-state index in [-0.39, 0.29) is 17.3 Å². The number of aryl methyl sites for hydroxylation is 1. The number of rotatable bonds is 0. The molecule has 0 radical (unpaired) electrons. The van der Waals surface area contributed by atoms with Crippen LogP contribution in [0.4, 0.5) is 5.82 Å². The van der Waals surface area contributed by atoms with E-state index >= 15 is 0 Å². The largest absolute Gasteiger partial charge is 0.299 e. The summed E-state index contributed by atoms with van der Waals surface area (Å²) in [6.45, 7) is 0. The Morgan fingerprint density at radius 2 is 2.20 bits per heavy atom. The zero-order chi connectivity index (χ0) is 10.6. The molecule has 1 aromatic rings. The Bertz CT molecular complexity index is 535. The van der Waals surface area contributed by atoms with Gasteiger partial charge in [-0.1, -0.05) is 0 Å². The highest BCUT2D eigenvalue weighted by atomic mass is 16.1. The molecule has 1 aromatic heterocycles. The second-order valence-corrected chi connectivity index (χ2v) is 4.13. The summed E-state index contributed by atoms with van der Waals surface area (Å²) in [6.07, 6.45) is 1.86. The van der Waals surface area contributed by atoms with Crippen molar-refractivity contribution in [3.63, 3.8) is 0 Å². The third-order valence-electron chi connectivity index (χ3n) is 3.21. The van der Waals surface area contributed by atoms with E-state index in [4.69, 9.17) is 0 Å². The second kappa shape index (κ2) is 2.68. The average Bonchev–Trinajstić information content (AvgIpc) is 2.70. The molecule has 1 atom stereocenters. The van der Waals surface area contributed by atoms with Crippen LogP contribution in [0.1, 0.15) is 18.4 Å². The molecule has 2 heterocycles. The molecule has 0 saturated heterocycles. The Morgan fingerprint density at radius 3 is 3.00 bits per heavy atom. The van der Waals surface area contributed by atoms with E-state index in [1.54, 1.807) is 11.7 Å². The zero-order valence-corrected chi connectivity index (χ0v) is 8.41. The van der Waals surface area contributed by atoms with Crippen molar-refractivity contribution >= 4 is 17.3 Å². The van der Waals surface area contributed by atoms with Gasteiger partial charge in [0, 0.05) is 19.2 Å². The van der Waals surface area contributed by atoms with E-state index in [1.165, 1.54) is 0 Å². The first-order chi connectivity index (χ1) is 7.16. The number of ketones is 1. The molecule has 3 rings (SSSR count). The molecule has 15 heavy (non-hydrogen) atoms. The molecule has 78 valence electrons. The Kier molecular flexibility index (Phi) is 1.55. The number of H-pyrrole nitrogens is 1. The number of carbonyl (C=O) groups excluding carboxylic acids is 1. The van der Waals surface area contributed by atoms with Crippen LogP contribution in [0.15, 0.2) is 9.79 Å². The minimum atomic E-state index is -0.124. The van der Waals surface area contributed by atoms with E-state index in [9.17, 15) is 9.59 Å². The first-order valence-electron chi connectivity index (χ1n) is 5.05. The topological polar surface area (TPSA) is 67.2 Å². The van der Waals surface area contributed by atoms with Crippen LogP contribution in [0.2, 0.25) is 0 Å². The molecule has 1 aliphatic carbocycles. The number of nitrogens with one attached hydrogen (secondary N) is 1. The number of fused-ring (bicyclic) bond motifs is 2. The molecule has 0 spiro atoms. The standard InChI is InChI=1S/C10H11N3O2/c1-13-9-6(10(15)12-13)4-5-7(11-9)2-3-8(5)14/h5H,2-4H2,1H3,(H,12,15). The van der Waals surface area contributed by atoms with Gasteiger partial charge < -0.3 is 0 Å². The van der Waals surface area contributed by atoms with Crippen LogP contribution in [0, 0.1) is 5.92 Å². The highest BCUT2D eigenvalue weighted by Crippen LogP contribution is 2.32. The lowest BCUT2D eigenvalue weighted by Gasteiger charge is -2.14. The van der Waals surface area contributed by atoms with Crippen molar-refractivity contribution in [3.05, 3.63) is 15.9 Å². The molecule has 1 saturated carbocycles. The Hall–Kier alpha value is -1.65. The molecular formula is C10H11N3O2. The van der Waals surface area contributed by atoms with Gasteiger partial charge in [-0.3, -0.25) is 19.4 Å². The lowest BCUT2D eigenvalue weighted by atomic mass is 9.95. The normalized spacial score (nSPS) is 23.7. The molecular weight excluding hydrogens is 194 g/mol. The number of aromatic nitrogens is 2. The number of hydrogen-bond acceptors (Lipinski definition) is 3. The maximum absolute atomic E-state index is 11.5. The van der Waals surface area contributed by atoms with Crippen molar-refractivity contribution in [2.75, 3.05) is 0 Å². The number of aromatic amines is 1. The number of aliphatic imine (C=N–C) groups is 1. The van der Waals surface area contributed by atoms with Gasteiger partial charge in [0.05, 0.1) is 11.5 Å². The van der Waals surface area contributed by atoms with E-state index in [1.807, 2.05) is 0 Å². The van der Waals surface area contributed by atoms with Gasteiger partial charge in [0.1, 0.15) is 5.78 Å². The fraction of sp³-hybridized carbons (Fsp3) is 0.500. The smallest absolute Gasteiger partial charge is 0.269 e. The summed E-state index contributed by atoms with van der Waals surface area (Å²) in [7, 11) is 1.77.